The van der Waals surface area contributed by atoms with Crippen molar-refractivity contribution in [1.29, 1.82) is 0 Å². The van der Waals surface area contributed by atoms with Gasteiger partial charge >= 0.3 is 0 Å². The lowest BCUT2D eigenvalue weighted by atomic mass is 10.2. The molecule has 7 heteroatoms. The molecule has 23 heavy (non-hydrogen) atoms. The van der Waals surface area contributed by atoms with Crippen molar-refractivity contribution in [3.8, 4) is 0 Å². The number of benzene rings is 1. The summed E-state index contributed by atoms with van der Waals surface area (Å²) in [6.45, 7) is 2.41. The van der Waals surface area contributed by atoms with Crippen LogP contribution in [0.25, 0.3) is 0 Å². The first-order valence-corrected chi connectivity index (χ1v) is 7.02. The van der Waals surface area contributed by atoms with E-state index in [1.807, 2.05) is 6.92 Å². The largest absolute Gasteiger partial charge is 0.352 e. The second kappa shape index (κ2) is 7.44. The molecule has 0 saturated carbocycles. The Balaban J connectivity index is 2.18. The zero-order valence-electron chi connectivity index (χ0n) is 12.4. The molecular weight excluding hydrogens is 304 g/mol. The van der Waals surface area contributed by atoms with Crippen LogP contribution in [0.4, 0.5) is 14.5 Å². The number of amides is 2. The highest BCUT2D eigenvalue weighted by molar-refractivity contribution is 6.04. The van der Waals surface area contributed by atoms with Crippen molar-refractivity contribution in [3.05, 3.63) is 59.4 Å². The van der Waals surface area contributed by atoms with Crippen molar-refractivity contribution in [2.45, 2.75) is 13.3 Å². The number of hydrogen-bond acceptors (Lipinski definition) is 3. The van der Waals surface area contributed by atoms with Crippen LogP contribution in [0.1, 0.15) is 34.2 Å². The van der Waals surface area contributed by atoms with Gasteiger partial charge in [0.15, 0.2) is 0 Å². The third-order valence-electron chi connectivity index (χ3n) is 2.99. The van der Waals surface area contributed by atoms with Gasteiger partial charge in [-0.25, -0.2) is 8.78 Å². The first kappa shape index (κ1) is 16.5. The summed E-state index contributed by atoms with van der Waals surface area (Å²) in [5.74, 6) is -2.94. The standard InChI is InChI=1S/C16H15F2N3O2/c1-2-7-20-15(22)10-6-8-19-13(9-10)16(23)21-14-11(17)4-3-5-12(14)18/h3-6,8-9H,2,7H2,1H3,(H,20,22)(H,21,23). The monoisotopic (exact) mass is 319 g/mol. The maximum Gasteiger partial charge on any atom is 0.274 e. The van der Waals surface area contributed by atoms with E-state index in [2.05, 4.69) is 15.6 Å². The number of carbonyl (C=O) groups is 2. The van der Waals surface area contributed by atoms with Crippen LogP contribution in [0.5, 0.6) is 0 Å². The molecule has 0 aliphatic rings. The molecule has 1 aromatic heterocycles. The number of anilines is 1. The van der Waals surface area contributed by atoms with E-state index in [-0.39, 0.29) is 17.2 Å². The van der Waals surface area contributed by atoms with Gasteiger partial charge in [-0.15, -0.1) is 0 Å². The molecule has 0 spiro atoms. The molecule has 2 aromatic rings. The molecule has 1 heterocycles. The van der Waals surface area contributed by atoms with Crippen LogP contribution in [0.2, 0.25) is 0 Å². The number of carbonyl (C=O) groups excluding carboxylic acids is 2. The molecule has 0 aliphatic carbocycles. The van der Waals surface area contributed by atoms with E-state index >= 15 is 0 Å². The number of pyridine rings is 1. The summed E-state index contributed by atoms with van der Waals surface area (Å²) in [7, 11) is 0. The number of nitrogens with zero attached hydrogens (tertiary/aromatic N) is 1. The first-order chi connectivity index (χ1) is 11.0. The minimum atomic E-state index is -0.893. The average Bonchev–Trinajstić information content (AvgIpc) is 2.56. The first-order valence-electron chi connectivity index (χ1n) is 7.02. The summed E-state index contributed by atoms with van der Waals surface area (Å²) in [4.78, 5) is 27.7. The van der Waals surface area contributed by atoms with E-state index < -0.39 is 23.2 Å². The Morgan fingerprint density at radius 1 is 1.13 bits per heavy atom. The lowest BCUT2D eigenvalue weighted by molar-refractivity contribution is 0.0953. The normalized spacial score (nSPS) is 10.2. The topological polar surface area (TPSA) is 71.1 Å². The van der Waals surface area contributed by atoms with E-state index in [0.717, 1.165) is 18.6 Å². The molecule has 120 valence electrons. The highest BCUT2D eigenvalue weighted by atomic mass is 19.1. The Labute approximate surface area is 131 Å². The Morgan fingerprint density at radius 2 is 1.83 bits per heavy atom. The second-order valence-corrected chi connectivity index (χ2v) is 4.74. The third kappa shape index (κ3) is 4.09. The number of halogens is 2. The van der Waals surface area contributed by atoms with Gasteiger partial charge in [-0.1, -0.05) is 13.0 Å². The SMILES string of the molecule is CCCNC(=O)c1ccnc(C(=O)Nc2c(F)cccc2F)c1. The fourth-order valence-electron chi connectivity index (χ4n) is 1.83. The fraction of sp³-hybridized carbons (Fsp3) is 0.188. The van der Waals surface area contributed by atoms with Crippen molar-refractivity contribution in [2.75, 3.05) is 11.9 Å². The van der Waals surface area contributed by atoms with Gasteiger partial charge in [-0.3, -0.25) is 14.6 Å². The molecule has 0 unspecified atom stereocenters. The Hall–Kier alpha value is -2.83. The van der Waals surface area contributed by atoms with Gasteiger partial charge in [-0.05, 0) is 30.7 Å². The lowest BCUT2D eigenvalue weighted by Crippen LogP contribution is -2.24. The average molecular weight is 319 g/mol. The Kier molecular flexibility index (Phi) is 5.35. The molecule has 0 saturated heterocycles. The maximum absolute atomic E-state index is 13.5. The predicted molar refractivity (Wildman–Crippen MR) is 81.2 cm³/mol. The van der Waals surface area contributed by atoms with Crippen LogP contribution in [0, 0.1) is 11.6 Å². The van der Waals surface area contributed by atoms with Gasteiger partial charge in [0.25, 0.3) is 11.8 Å². The number of para-hydroxylation sites is 1. The van der Waals surface area contributed by atoms with Gasteiger partial charge in [0.2, 0.25) is 0 Å². The van der Waals surface area contributed by atoms with Crippen LogP contribution < -0.4 is 10.6 Å². The van der Waals surface area contributed by atoms with Crippen LogP contribution in [0.3, 0.4) is 0 Å². The molecule has 0 bridgehead atoms. The summed E-state index contributed by atoms with van der Waals surface area (Å²) in [6.07, 6.45) is 2.06. The molecule has 5 nitrogen and oxygen atoms in total. The van der Waals surface area contributed by atoms with E-state index in [0.29, 0.717) is 6.54 Å². The van der Waals surface area contributed by atoms with Crippen molar-refractivity contribution >= 4 is 17.5 Å². The van der Waals surface area contributed by atoms with E-state index in [1.54, 1.807) is 0 Å². The molecule has 0 atom stereocenters. The molecule has 0 aliphatic heterocycles. The number of nitrogens with one attached hydrogen (secondary N) is 2. The second-order valence-electron chi connectivity index (χ2n) is 4.74. The van der Waals surface area contributed by atoms with Crippen molar-refractivity contribution in [1.82, 2.24) is 10.3 Å². The maximum atomic E-state index is 13.5. The molecule has 1 aromatic carbocycles. The minimum Gasteiger partial charge on any atom is -0.352 e. The van der Waals surface area contributed by atoms with E-state index in [9.17, 15) is 18.4 Å². The van der Waals surface area contributed by atoms with Gasteiger partial charge in [-0.2, -0.15) is 0 Å². The van der Waals surface area contributed by atoms with Crippen LogP contribution in [-0.2, 0) is 0 Å². The summed E-state index contributed by atoms with van der Waals surface area (Å²) in [6, 6.07) is 5.96. The summed E-state index contributed by atoms with van der Waals surface area (Å²) in [5, 5.41) is 4.79. The fourth-order valence-corrected chi connectivity index (χ4v) is 1.83. The number of aromatic nitrogens is 1. The van der Waals surface area contributed by atoms with Crippen LogP contribution in [0.15, 0.2) is 36.5 Å². The molecule has 0 fully saturated rings. The molecule has 2 N–H and O–H groups in total. The van der Waals surface area contributed by atoms with E-state index in [1.165, 1.54) is 24.4 Å². The number of rotatable bonds is 5. The Morgan fingerprint density at radius 3 is 2.48 bits per heavy atom. The predicted octanol–water partition coefficient (Wildman–Crippen LogP) is 2.75. The van der Waals surface area contributed by atoms with Crippen LogP contribution in [-0.4, -0.2) is 23.3 Å². The zero-order valence-corrected chi connectivity index (χ0v) is 12.4. The molecule has 0 radical (unpaired) electrons. The molecule has 2 amide bonds. The summed E-state index contributed by atoms with van der Waals surface area (Å²) in [5.41, 5.74) is -0.426. The van der Waals surface area contributed by atoms with Crippen molar-refractivity contribution in [2.24, 2.45) is 0 Å². The van der Waals surface area contributed by atoms with E-state index in [4.69, 9.17) is 0 Å². The van der Waals surface area contributed by atoms with Crippen molar-refractivity contribution in [3.63, 3.8) is 0 Å². The Bertz CT molecular complexity index is 715. The smallest absolute Gasteiger partial charge is 0.274 e. The molecular formula is C16H15F2N3O2. The van der Waals surface area contributed by atoms with Gasteiger partial charge < -0.3 is 10.6 Å². The van der Waals surface area contributed by atoms with Crippen LogP contribution >= 0.6 is 0 Å². The summed E-state index contributed by atoms with van der Waals surface area (Å²) < 4.78 is 27.1. The van der Waals surface area contributed by atoms with Gasteiger partial charge in [0.05, 0.1) is 0 Å². The third-order valence-corrected chi connectivity index (χ3v) is 2.99. The lowest BCUT2D eigenvalue weighted by Gasteiger charge is -2.08. The van der Waals surface area contributed by atoms with Crippen molar-refractivity contribution < 1.29 is 18.4 Å². The highest BCUT2D eigenvalue weighted by Gasteiger charge is 2.16. The minimum absolute atomic E-state index is 0.114. The van der Waals surface area contributed by atoms with Gasteiger partial charge in [0.1, 0.15) is 23.0 Å². The quantitative estimate of drug-likeness (QED) is 0.890. The molecule has 2 rings (SSSR count). The highest BCUT2D eigenvalue weighted by Crippen LogP contribution is 2.18. The number of hydrogen-bond donors (Lipinski definition) is 2. The zero-order chi connectivity index (χ0) is 16.8. The summed E-state index contributed by atoms with van der Waals surface area (Å²) >= 11 is 0. The van der Waals surface area contributed by atoms with Gasteiger partial charge in [0, 0.05) is 18.3 Å².